The summed E-state index contributed by atoms with van der Waals surface area (Å²) in [7, 11) is -0.904. The van der Waals surface area contributed by atoms with Crippen LogP contribution in [0.2, 0.25) is 0 Å². The van der Waals surface area contributed by atoms with Crippen molar-refractivity contribution in [1.29, 1.82) is 0 Å². The third kappa shape index (κ3) is 5.66. The average molecular weight is 457 g/mol. The molecule has 0 saturated carbocycles. The van der Waals surface area contributed by atoms with Crippen molar-refractivity contribution in [2.24, 2.45) is 0 Å². The number of hydrogen-bond donors (Lipinski definition) is 1. The van der Waals surface area contributed by atoms with E-state index in [1.807, 2.05) is 48.5 Å². The standard InChI is InChI=1S/C23H24N2O4S2/c1-17-15-19(13-14-21(17)29-3)31(27,28)25(2)16-23(26)24-20-11-7-8-12-22(20)30-18-9-5-4-6-10-18/h4-15H,16H2,1-3H3,(H,24,26). The molecule has 0 fully saturated rings. The molecular formula is C23H24N2O4S2. The van der Waals surface area contributed by atoms with Crippen LogP contribution in [-0.4, -0.2) is 39.3 Å². The molecule has 1 N–H and O–H groups in total. The Morgan fingerprint density at radius 2 is 1.71 bits per heavy atom. The molecule has 0 atom stereocenters. The first-order valence-corrected chi connectivity index (χ1v) is 11.8. The number of rotatable bonds is 8. The van der Waals surface area contributed by atoms with Crippen molar-refractivity contribution in [2.45, 2.75) is 21.6 Å². The Morgan fingerprint density at radius 3 is 2.39 bits per heavy atom. The molecule has 6 nitrogen and oxygen atoms in total. The number of methoxy groups -OCH3 is 1. The number of nitrogens with one attached hydrogen (secondary N) is 1. The van der Waals surface area contributed by atoms with E-state index in [-0.39, 0.29) is 11.4 Å². The Hall–Kier alpha value is -2.81. The van der Waals surface area contributed by atoms with Gasteiger partial charge in [0.1, 0.15) is 5.75 Å². The number of amides is 1. The minimum Gasteiger partial charge on any atom is -0.496 e. The number of carbonyl (C=O) groups excluding carboxylic acids is 1. The zero-order valence-electron chi connectivity index (χ0n) is 17.5. The first-order valence-electron chi connectivity index (χ1n) is 9.54. The van der Waals surface area contributed by atoms with Gasteiger partial charge in [-0.2, -0.15) is 4.31 Å². The smallest absolute Gasteiger partial charge is 0.243 e. The second kappa shape index (κ2) is 10.00. The lowest BCUT2D eigenvalue weighted by molar-refractivity contribution is -0.116. The van der Waals surface area contributed by atoms with E-state index < -0.39 is 15.9 Å². The van der Waals surface area contributed by atoms with Gasteiger partial charge in [-0.1, -0.05) is 42.1 Å². The molecule has 8 heteroatoms. The number of aryl methyl sites for hydroxylation is 1. The SMILES string of the molecule is COc1ccc(S(=O)(=O)N(C)CC(=O)Nc2ccccc2Sc2ccccc2)cc1C. The maximum absolute atomic E-state index is 12.9. The van der Waals surface area contributed by atoms with Crippen molar-refractivity contribution < 1.29 is 17.9 Å². The van der Waals surface area contributed by atoms with Gasteiger partial charge in [0.25, 0.3) is 0 Å². The molecule has 0 saturated heterocycles. The molecule has 162 valence electrons. The highest BCUT2D eigenvalue weighted by Crippen LogP contribution is 2.33. The molecule has 3 rings (SSSR count). The highest BCUT2D eigenvalue weighted by Gasteiger charge is 2.24. The summed E-state index contributed by atoms with van der Waals surface area (Å²) in [5.41, 5.74) is 1.33. The lowest BCUT2D eigenvalue weighted by Crippen LogP contribution is -2.35. The Morgan fingerprint density at radius 1 is 1.03 bits per heavy atom. The van der Waals surface area contributed by atoms with E-state index in [1.165, 1.54) is 38.1 Å². The molecular weight excluding hydrogens is 432 g/mol. The van der Waals surface area contributed by atoms with Gasteiger partial charge in [0.2, 0.25) is 15.9 Å². The summed E-state index contributed by atoms with van der Waals surface area (Å²) >= 11 is 1.52. The van der Waals surface area contributed by atoms with Crippen LogP contribution in [-0.2, 0) is 14.8 Å². The summed E-state index contributed by atoms with van der Waals surface area (Å²) in [5.74, 6) is 0.185. The number of para-hydroxylation sites is 1. The van der Waals surface area contributed by atoms with Crippen LogP contribution in [0.3, 0.4) is 0 Å². The number of anilines is 1. The highest BCUT2D eigenvalue weighted by molar-refractivity contribution is 7.99. The molecule has 31 heavy (non-hydrogen) atoms. The van der Waals surface area contributed by atoms with Gasteiger partial charge in [-0.15, -0.1) is 0 Å². The second-order valence-corrected chi connectivity index (χ2v) is 10.0. The zero-order chi connectivity index (χ0) is 22.4. The molecule has 0 spiro atoms. The van der Waals surface area contributed by atoms with Gasteiger partial charge in [-0.3, -0.25) is 4.79 Å². The summed E-state index contributed by atoms with van der Waals surface area (Å²) < 4.78 is 32.0. The van der Waals surface area contributed by atoms with Crippen molar-refractivity contribution in [1.82, 2.24) is 4.31 Å². The molecule has 0 heterocycles. The monoisotopic (exact) mass is 456 g/mol. The fourth-order valence-corrected chi connectivity index (χ4v) is 5.08. The zero-order valence-corrected chi connectivity index (χ0v) is 19.2. The Kier molecular flexibility index (Phi) is 7.37. The van der Waals surface area contributed by atoms with Crippen molar-refractivity contribution in [2.75, 3.05) is 26.0 Å². The fraction of sp³-hybridized carbons (Fsp3) is 0.174. The normalized spacial score (nSPS) is 11.4. The Balaban J connectivity index is 1.71. The van der Waals surface area contributed by atoms with Gasteiger partial charge >= 0.3 is 0 Å². The van der Waals surface area contributed by atoms with Crippen LogP contribution >= 0.6 is 11.8 Å². The number of hydrogen-bond acceptors (Lipinski definition) is 5. The maximum Gasteiger partial charge on any atom is 0.243 e. The van der Waals surface area contributed by atoms with Crippen molar-refractivity contribution >= 4 is 33.4 Å². The molecule has 0 bridgehead atoms. The van der Waals surface area contributed by atoms with Crippen LogP contribution in [0.4, 0.5) is 5.69 Å². The van der Waals surface area contributed by atoms with Crippen molar-refractivity contribution in [3.8, 4) is 5.75 Å². The minimum absolute atomic E-state index is 0.112. The summed E-state index contributed by atoms with van der Waals surface area (Å²) in [5, 5.41) is 2.83. The van der Waals surface area contributed by atoms with Crippen LogP contribution in [0.15, 0.2) is 87.5 Å². The van der Waals surface area contributed by atoms with Gasteiger partial charge in [0, 0.05) is 16.8 Å². The molecule has 0 aliphatic rings. The number of sulfonamides is 1. The van der Waals surface area contributed by atoms with E-state index >= 15 is 0 Å². The molecule has 0 aliphatic carbocycles. The quantitative estimate of drug-likeness (QED) is 0.543. The summed E-state index contributed by atoms with van der Waals surface area (Å²) in [6.45, 7) is 1.46. The van der Waals surface area contributed by atoms with E-state index in [0.717, 1.165) is 14.1 Å². The fourth-order valence-electron chi connectivity index (χ4n) is 2.94. The molecule has 0 unspecified atom stereocenters. The molecule has 0 aliphatic heterocycles. The minimum atomic E-state index is -3.82. The molecule has 3 aromatic carbocycles. The third-order valence-corrected chi connectivity index (χ3v) is 7.46. The predicted octanol–water partition coefficient (Wildman–Crippen LogP) is 4.41. The van der Waals surface area contributed by atoms with Crippen LogP contribution in [0.25, 0.3) is 0 Å². The van der Waals surface area contributed by atoms with Gasteiger partial charge in [-0.05, 0) is 55.0 Å². The maximum atomic E-state index is 12.9. The number of nitrogens with zero attached hydrogens (tertiary/aromatic N) is 1. The molecule has 0 radical (unpaired) electrons. The number of carbonyl (C=O) groups is 1. The summed E-state index contributed by atoms with van der Waals surface area (Å²) in [4.78, 5) is 14.7. The topological polar surface area (TPSA) is 75.7 Å². The third-order valence-electron chi connectivity index (χ3n) is 4.57. The van der Waals surface area contributed by atoms with E-state index in [9.17, 15) is 13.2 Å². The first kappa shape index (κ1) is 22.9. The average Bonchev–Trinajstić information content (AvgIpc) is 2.75. The van der Waals surface area contributed by atoms with E-state index in [1.54, 1.807) is 19.1 Å². The van der Waals surface area contributed by atoms with Crippen molar-refractivity contribution in [3.05, 3.63) is 78.4 Å². The summed E-state index contributed by atoms with van der Waals surface area (Å²) in [6.07, 6.45) is 0. The summed E-state index contributed by atoms with van der Waals surface area (Å²) in [6, 6.07) is 21.9. The van der Waals surface area contributed by atoms with Crippen molar-refractivity contribution in [3.63, 3.8) is 0 Å². The molecule has 0 aromatic heterocycles. The van der Waals surface area contributed by atoms with E-state index in [0.29, 0.717) is 17.0 Å². The highest BCUT2D eigenvalue weighted by atomic mass is 32.2. The van der Waals surface area contributed by atoms with Crippen LogP contribution < -0.4 is 10.1 Å². The van der Waals surface area contributed by atoms with Crippen LogP contribution in [0.5, 0.6) is 5.75 Å². The van der Waals surface area contributed by atoms with Crippen LogP contribution in [0.1, 0.15) is 5.56 Å². The first-order chi connectivity index (χ1) is 14.8. The largest absolute Gasteiger partial charge is 0.496 e. The van der Waals surface area contributed by atoms with Gasteiger partial charge < -0.3 is 10.1 Å². The number of likely N-dealkylation sites (N-methyl/N-ethyl adjacent to an activating group) is 1. The Bertz CT molecular complexity index is 1170. The van der Waals surface area contributed by atoms with Gasteiger partial charge in [-0.25, -0.2) is 8.42 Å². The lowest BCUT2D eigenvalue weighted by Gasteiger charge is -2.18. The van der Waals surface area contributed by atoms with Gasteiger partial charge in [0.15, 0.2) is 0 Å². The van der Waals surface area contributed by atoms with E-state index in [2.05, 4.69) is 5.32 Å². The second-order valence-electron chi connectivity index (χ2n) is 6.85. The number of benzene rings is 3. The van der Waals surface area contributed by atoms with Gasteiger partial charge in [0.05, 0.1) is 24.2 Å². The lowest BCUT2D eigenvalue weighted by atomic mass is 10.2. The number of ether oxygens (including phenoxy) is 1. The predicted molar refractivity (Wildman–Crippen MR) is 123 cm³/mol. The van der Waals surface area contributed by atoms with Crippen LogP contribution in [0, 0.1) is 6.92 Å². The molecule has 1 amide bonds. The van der Waals surface area contributed by atoms with E-state index in [4.69, 9.17) is 4.74 Å². The molecule has 3 aromatic rings. The Labute approximate surface area is 187 Å².